The van der Waals surface area contributed by atoms with Gasteiger partial charge in [0.2, 0.25) is 5.88 Å². The van der Waals surface area contributed by atoms with Crippen LogP contribution in [0.1, 0.15) is 43.9 Å². The normalized spacial score (nSPS) is 12.6. The van der Waals surface area contributed by atoms with Crippen LogP contribution in [-0.2, 0) is 0 Å². The van der Waals surface area contributed by atoms with Crippen LogP contribution in [0, 0.1) is 6.92 Å². The molecule has 1 atom stereocenters. The highest BCUT2D eigenvalue weighted by Crippen LogP contribution is 2.35. The maximum Gasteiger partial charge on any atom is 0.230 e. The summed E-state index contributed by atoms with van der Waals surface area (Å²) in [5, 5.41) is 4.13. The second kappa shape index (κ2) is 5.25. The molecule has 0 saturated carbocycles. The molecule has 0 radical (unpaired) electrons. The van der Waals surface area contributed by atoms with Gasteiger partial charge >= 0.3 is 0 Å². The summed E-state index contributed by atoms with van der Waals surface area (Å²) in [6.07, 6.45) is 2.21. The number of nitrogens with two attached hydrogens (primary N) is 1. The van der Waals surface area contributed by atoms with Gasteiger partial charge in [0.1, 0.15) is 0 Å². The van der Waals surface area contributed by atoms with Gasteiger partial charge in [-0.1, -0.05) is 55.3 Å². The molecule has 0 fully saturated rings. The second-order valence-electron chi connectivity index (χ2n) is 4.86. The molecule has 1 heterocycles. The number of nitrogen functional groups attached to an aromatic ring is 1. The fourth-order valence-corrected chi connectivity index (χ4v) is 2.23. The Balaban J connectivity index is 2.43. The molecule has 2 aromatic rings. The lowest BCUT2D eigenvalue weighted by molar-refractivity contribution is 0.419. The quantitative estimate of drug-likeness (QED) is 0.879. The molecule has 1 aromatic heterocycles. The van der Waals surface area contributed by atoms with E-state index >= 15 is 0 Å². The van der Waals surface area contributed by atoms with Crippen LogP contribution in [0.2, 0.25) is 0 Å². The van der Waals surface area contributed by atoms with E-state index in [9.17, 15) is 0 Å². The molecule has 0 bridgehead atoms. The summed E-state index contributed by atoms with van der Waals surface area (Å²) in [5.74, 6) is 0.782. The Hall–Kier alpha value is -1.77. The minimum absolute atomic E-state index is 0.368. The summed E-state index contributed by atoms with van der Waals surface area (Å²) in [6, 6.07) is 8.30. The topological polar surface area (TPSA) is 52.0 Å². The highest BCUT2D eigenvalue weighted by atomic mass is 16.5. The lowest BCUT2D eigenvalue weighted by atomic mass is 9.94. The van der Waals surface area contributed by atoms with Gasteiger partial charge in [-0.15, -0.1) is 0 Å². The maximum absolute atomic E-state index is 5.92. The van der Waals surface area contributed by atoms with Crippen LogP contribution in [-0.4, -0.2) is 5.16 Å². The Bertz CT molecular complexity index is 514. The van der Waals surface area contributed by atoms with Crippen molar-refractivity contribution in [2.75, 3.05) is 5.73 Å². The van der Waals surface area contributed by atoms with Crippen LogP contribution >= 0.6 is 0 Å². The lowest BCUT2D eigenvalue weighted by Crippen LogP contribution is -1.97. The first-order chi connectivity index (χ1) is 8.63. The van der Waals surface area contributed by atoms with Crippen molar-refractivity contribution in [3.05, 3.63) is 35.5 Å². The van der Waals surface area contributed by atoms with Gasteiger partial charge in [-0.3, -0.25) is 0 Å². The van der Waals surface area contributed by atoms with Gasteiger partial charge in [-0.2, -0.15) is 0 Å². The summed E-state index contributed by atoms with van der Waals surface area (Å²) in [7, 11) is 0. The highest BCUT2D eigenvalue weighted by molar-refractivity contribution is 5.75. The minimum Gasteiger partial charge on any atom is -0.367 e. The third kappa shape index (κ3) is 2.40. The first-order valence-electron chi connectivity index (χ1n) is 6.45. The molecule has 1 aromatic carbocycles. The first kappa shape index (κ1) is 12.7. The number of nitrogens with zero attached hydrogens (tertiary/aromatic N) is 1. The van der Waals surface area contributed by atoms with Crippen LogP contribution in [0.25, 0.3) is 11.1 Å². The zero-order valence-electron chi connectivity index (χ0n) is 11.2. The maximum atomic E-state index is 5.92. The molecule has 0 saturated heterocycles. The summed E-state index contributed by atoms with van der Waals surface area (Å²) in [4.78, 5) is 0. The van der Waals surface area contributed by atoms with Crippen LogP contribution in [0.3, 0.4) is 0 Å². The predicted molar refractivity (Wildman–Crippen MR) is 74.4 cm³/mol. The SMILES string of the molecule is CCCC(C)c1noc(N)c1-c1ccc(C)cc1. The van der Waals surface area contributed by atoms with E-state index in [1.165, 1.54) is 5.56 Å². The fourth-order valence-electron chi connectivity index (χ4n) is 2.23. The largest absolute Gasteiger partial charge is 0.367 e. The van der Waals surface area contributed by atoms with Gasteiger partial charge in [0.15, 0.2) is 0 Å². The van der Waals surface area contributed by atoms with Crippen molar-refractivity contribution in [3.63, 3.8) is 0 Å². The summed E-state index contributed by atoms with van der Waals surface area (Å²) < 4.78 is 5.18. The third-order valence-corrected chi connectivity index (χ3v) is 3.27. The molecular formula is C15H20N2O. The number of aromatic nitrogens is 1. The van der Waals surface area contributed by atoms with Crippen molar-refractivity contribution in [3.8, 4) is 11.1 Å². The monoisotopic (exact) mass is 244 g/mol. The van der Waals surface area contributed by atoms with E-state index in [1.54, 1.807) is 0 Å². The number of rotatable bonds is 4. The number of benzene rings is 1. The standard InChI is InChI=1S/C15H20N2O/c1-4-5-11(3)14-13(15(16)18-17-14)12-8-6-10(2)7-9-12/h6-9,11H,4-5,16H2,1-3H3. The molecule has 96 valence electrons. The van der Waals surface area contributed by atoms with Crippen LogP contribution in [0.5, 0.6) is 0 Å². The Morgan fingerprint density at radius 2 is 1.94 bits per heavy atom. The van der Waals surface area contributed by atoms with Crippen molar-refractivity contribution in [1.82, 2.24) is 5.16 Å². The lowest BCUT2D eigenvalue weighted by Gasteiger charge is -2.09. The van der Waals surface area contributed by atoms with Crippen molar-refractivity contribution in [1.29, 1.82) is 0 Å². The molecule has 1 unspecified atom stereocenters. The van der Waals surface area contributed by atoms with Gasteiger partial charge in [0.05, 0.1) is 11.3 Å². The third-order valence-electron chi connectivity index (χ3n) is 3.27. The molecule has 0 amide bonds. The van der Waals surface area contributed by atoms with E-state index in [1.807, 2.05) is 0 Å². The molecule has 3 nitrogen and oxygen atoms in total. The smallest absolute Gasteiger partial charge is 0.230 e. The van der Waals surface area contributed by atoms with Gasteiger partial charge < -0.3 is 10.3 Å². The average Bonchev–Trinajstić information content (AvgIpc) is 2.73. The van der Waals surface area contributed by atoms with Crippen LogP contribution < -0.4 is 5.73 Å². The zero-order valence-corrected chi connectivity index (χ0v) is 11.2. The van der Waals surface area contributed by atoms with E-state index in [0.29, 0.717) is 11.8 Å². The Labute approximate surface area is 108 Å². The van der Waals surface area contributed by atoms with Crippen LogP contribution in [0.15, 0.2) is 28.8 Å². The zero-order chi connectivity index (χ0) is 13.1. The first-order valence-corrected chi connectivity index (χ1v) is 6.45. The van der Waals surface area contributed by atoms with Gasteiger partial charge in [-0.25, -0.2) is 0 Å². The molecule has 0 aliphatic rings. The molecule has 18 heavy (non-hydrogen) atoms. The number of aryl methyl sites for hydroxylation is 1. The molecule has 2 rings (SSSR count). The van der Waals surface area contributed by atoms with Crippen molar-refractivity contribution in [2.45, 2.75) is 39.5 Å². The Morgan fingerprint density at radius 3 is 2.56 bits per heavy atom. The predicted octanol–water partition coefficient (Wildman–Crippen LogP) is 4.14. The van der Waals surface area contributed by atoms with Crippen molar-refractivity contribution in [2.24, 2.45) is 0 Å². The van der Waals surface area contributed by atoms with E-state index in [0.717, 1.165) is 29.7 Å². The Morgan fingerprint density at radius 1 is 1.28 bits per heavy atom. The number of hydrogen-bond acceptors (Lipinski definition) is 3. The van der Waals surface area contributed by atoms with E-state index in [-0.39, 0.29) is 0 Å². The van der Waals surface area contributed by atoms with Crippen molar-refractivity contribution >= 4 is 5.88 Å². The fraction of sp³-hybridized carbons (Fsp3) is 0.400. The van der Waals surface area contributed by atoms with Gasteiger partial charge in [-0.05, 0) is 18.9 Å². The Kier molecular flexibility index (Phi) is 3.70. The number of hydrogen-bond donors (Lipinski definition) is 1. The molecule has 0 aliphatic carbocycles. The second-order valence-corrected chi connectivity index (χ2v) is 4.86. The summed E-state index contributed by atoms with van der Waals surface area (Å²) >= 11 is 0. The van der Waals surface area contributed by atoms with E-state index in [2.05, 4.69) is 50.2 Å². The highest BCUT2D eigenvalue weighted by Gasteiger charge is 2.20. The van der Waals surface area contributed by atoms with Crippen molar-refractivity contribution < 1.29 is 4.52 Å². The number of anilines is 1. The molecule has 2 N–H and O–H groups in total. The molecule has 0 aliphatic heterocycles. The van der Waals surface area contributed by atoms with E-state index in [4.69, 9.17) is 10.3 Å². The van der Waals surface area contributed by atoms with E-state index < -0.39 is 0 Å². The van der Waals surface area contributed by atoms with Crippen LogP contribution in [0.4, 0.5) is 5.88 Å². The molecular weight excluding hydrogens is 224 g/mol. The molecule has 3 heteroatoms. The summed E-state index contributed by atoms with van der Waals surface area (Å²) in [6.45, 7) is 6.41. The van der Waals surface area contributed by atoms with Gasteiger partial charge in [0.25, 0.3) is 0 Å². The minimum atomic E-state index is 0.368. The average molecular weight is 244 g/mol. The summed E-state index contributed by atoms with van der Waals surface area (Å²) in [5.41, 5.74) is 10.2. The van der Waals surface area contributed by atoms with Gasteiger partial charge in [0, 0.05) is 5.92 Å². The molecule has 0 spiro atoms.